The van der Waals surface area contributed by atoms with Gasteiger partial charge in [0.15, 0.2) is 11.5 Å². The highest BCUT2D eigenvalue weighted by atomic mass is 16.6. The maximum absolute atomic E-state index is 12.4. The minimum Gasteiger partial charge on any atom is -0.490 e. The molecule has 1 N–H and O–H groups in total. The zero-order valence-corrected chi connectivity index (χ0v) is 13.9. The molecule has 0 fully saturated rings. The molecule has 7 nitrogen and oxygen atoms in total. The highest BCUT2D eigenvalue weighted by Crippen LogP contribution is 2.42. The van der Waals surface area contributed by atoms with Crippen molar-refractivity contribution in [2.75, 3.05) is 19.0 Å². The molecule has 0 amide bonds. The molecule has 0 saturated carbocycles. The SMILES string of the molecule is CCOc1cc(C2CC(=O)c3ccccc3N2)cc([N+](=O)[O-])c1OC. The van der Waals surface area contributed by atoms with Gasteiger partial charge in [0.1, 0.15) is 0 Å². The summed E-state index contributed by atoms with van der Waals surface area (Å²) in [6.07, 6.45) is 0.214. The second kappa shape index (κ2) is 6.80. The topological polar surface area (TPSA) is 90.7 Å². The average molecular weight is 342 g/mol. The second-order valence-electron chi connectivity index (χ2n) is 5.63. The average Bonchev–Trinajstić information content (AvgIpc) is 2.61. The smallest absolute Gasteiger partial charge is 0.315 e. The Hall–Kier alpha value is -3.09. The van der Waals surface area contributed by atoms with Crippen molar-refractivity contribution in [3.8, 4) is 11.5 Å². The van der Waals surface area contributed by atoms with Crippen molar-refractivity contribution in [2.24, 2.45) is 0 Å². The van der Waals surface area contributed by atoms with Crippen LogP contribution in [0.3, 0.4) is 0 Å². The Bertz CT molecular complexity index is 834. The molecule has 1 unspecified atom stereocenters. The van der Waals surface area contributed by atoms with Gasteiger partial charge in [0.2, 0.25) is 5.75 Å². The van der Waals surface area contributed by atoms with E-state index in [9.17, 15) is 14.9 Å². The number of nitrogens with zero attached hydrogens (tertiary/aromatic N) is 1. The fourth-order valence-electron chi connectivity index (χ4n) is 3.00. The van der Waals surface area contributed by atoms with Gasteiger partial charge in [-0.3, -0.25) is 14.9 Å². The lowest BCUT2D eigenvalue weighted by molar-refractivity contribution is -0.385. The maximum Gasteiger partial charge on any atom is 0.315 e. The first-order valence-electron chi connectivity index (χ1n) is 7.93. The van der Waals surface area contributed by atoms with E-state index in [2.05, 4.69) is 5.32 Å². The number of nitro benzene ring substituents is 1. The van der Waals surface area contributed by atoms with Crippen molar-refractivity contribution >= 4 is 17.2 Å². The summed E-state index contributed by atoms with van der Waals surface area (Å²) in [7, 11) is 1.36. The van der Waals surface area contributed by atoms with Crippen LogP contribution < -0.4 is 14.8 Å². The van der Waals surface area contributed by atoms with Crippen molar-refractivity contribution in [3.05, 3.63) is 57.6 Å². The third-order valence-electron chi connectivity index (χ3n) is 4.11. The van der Waals surface area contributed by atoms with Gasteiger partial charge < -0.3 is 14.8 Å². The summed E-state index contributed by atoms with van der Waals surface area (Å²) in [5.41, 5.74) is 1.78. The number of ether oxygens (including phenoxy) is 2. The van der Waals surface area contributed by atoms with Crippen LogP contribution in [0.25, 0.3) is 0 Å². The van der Waals surface area contributed by atoms with Crippen LogP contribution in [0.2, 0.25) is 0 Å². The number of para-hydroxylation sites is 1. The molecule has 130 valence electrons. The van der Waals surface area contributed by atoms with E-state index in [1.54, 1.807) is 19.1 Å². The van der Waals surface area contributed by atoms with Gasteiger partial charge in [-0.05, 0) is 30.7 Å². The van der Waals surface area contributed by atoms with E-state index in [0.29, 0.717) is 23.5 Å². The number of anilines is 1. The van der Waals surface area contributed by atoms with Crippen molar-refractivity contribution in [1.82, 2.24) is 0 Å². The number of carbonyl (C=O) groups is 1. The quantitative estimate of drug-likeness (QED) is 0.657. The lowest BCUT2D eigenvalue weighted by Gasteiger charge is -2.27. The maximum atomic E-state index is 12.4. The number of methoxy groups -OCH3 is 1. The Morgan fingerprint density at radius 2 is 2.08 bits per heavy atom. The molecule has 1 heterocycles. The van der Waals surface area contributed by atoms with E-state index in [0.717, 1.165) is 5.69 Å². The van der Waals surface area contributed by atoms with Crippen molar-refractivity contribution < 1.29 is 19.2 Å². The minimum absolute atomic E-state index is 0.00391. The summed E-state index contributed by atoms with van der Waals surface area (Å²) in [5.74, 6) is 0.372. The van der Waals surface area contributed by atoms with Crippen LogP contribution in [0.4, 0.5) is 11.4 Å². The minimum atomic E-state index is -0.510. The summed E-state index contributed by atoms with van der Waals surface area (Å²) in [6.45, 7) is 2.13. The Morgan fingerprint density at radius 1 is 1.32 bits per heavy atom. The third kappa shape index (κ3) is 3.13. The summed E-state index contributed by atoms with van der Waals surface area (Å²) in [5, 5.41) is 14.7. The Kier molecular flexibility index (Phi) is 4.56. The van der Waals surface area contributed by atoms with Gasteiger partial charge in [0.05, 0.1) is 24.7 Å². The number of rotatable bonds is 5. The van der Waals surface area contributed by atoms with Crippen LogP contribution in [0, 0.1) is 10.1 Å². The van der Waals surface area contributed by atoms with Gasteiger partial charge in [-0.15, -0.1) is 0 Å². The van der Waals surface area contributed by atoms with Gasteiger partial charge in [-0.1, -0.05) is 12.1 Å². The van der Waals surface area contributed by atoms with Crippen LogP contribution in [0.1, 0.15) is 35.3 Å². The van der Waals surface area contributed by atoms with Crippen molar-refractivity contribution in [1.29, 1.82) is 0 Å². The third-order valence-corrected chi connectivity index (χ3v) is 4.11. The van der Waals surface area contributed by atoms with Gasteiger partial charge in [0, 0.05) is 23.7 Å². The number of hydrogen-bond donors (Lipinski definition) is 1. The number of hydrogen-bond acceptors (Lipinski definition) is 6. The van der Waals surface area contributed by atoms with Gasteiger partial charge in [-0.25, -0.2) is 0 Å². The summed E-state index contributed by atoms with van der Waals surface area (Å²) in [6, 6.07) is 9.98. The van der Waals surface area contributed by atoms with Crippen LogP contribution in [-0.2, 0) is 0 Å². The number of nitrogens with one attached hydrogen (secondary N) is 1. The molecule has 7 heteroatoms. The van der Waals surface area contributed by atoms with E-state index in [1.807, 2.05) is 18.2 Å². The normalized spacial score (nSPS) is 15.9. The molecule has 2 aromatic carbocycles. The number of carbonyl (C=O) groups excluding carboxylic acids is 1. The molecule has 1 atom stereocenters. The first-order chi connectivity index (χ1) is 12.0. The molecule has 1 aliphatic heterocycles. The molecule has 2 aromatic rings. The molecular weight excluding hydrogens is 324 g/mol. The van der Waals surface area contributed by atoms with Crippen LogP contribution in [-0.4, -0.2) is 24.4 Å². The first kappa shape index (κ1) is 16.8. The number of Topliss-reactive ketones (excluding diaryl/α,β-unsaturated/α-hetero) is 1. The van der Waals surface area contributed by atoms with E-state index in [-0.39, 0.29) is 29.7 Å². The summed E-state index contributed by atoms with van der Waals surface area (Å²) >= 11 is 0. The Morgan fingerprint density at radius 3 is 2.76 bits per heavy atom. The molecule has 0 radical (unpaired) electrons. The lowest BCUT2D eigenvalue weighted by atomic mass is 9.92. The Labute approximate surface area is 144 Å². The van der Waals surface area contributed by atoms with E-state index in [1.165, 1.54) is 13.2 Å². The Balaban J connectivity index is 2.06. The highest BCUT2D eigenvalue weighted by Gasteiger charge is 2.29. The van der Waals surface area contributed by atoms with Crippen molar-refractivity contribution in [3.63, 3.8) is 0 Å². The zero-order chi connectivity index (χ0) is 18.0. The predicted octanol–water partition coefficient (Wildman–Crippen LogP) is 3.74. The number of nitro groups is 1. The van der Waals surface area contributed by atoms with E-state index in [4.69, 9.17) is 9.47 Å². The van der Waals surface area contributed by atoms with Gasteiger partial charge in [-0.2, -0.15) is 0 Å². The fourth-order valence-corrected chi connectivity index (χ4v) is 3.00. The molecule has 0 aromatic heterocycles. The molecule has 0 bridgehead atoms. The molecule has 1 aliphatic rings. The molecule has 0 aliphatic carbocycles. The fraction of sp³-hybridized carbons (Fsp3) is 0.278. The molecule has 0 saturated heterocycles. The van der Waals surface area contributed by atoms with E-state index < -0.39 is 4.92 Å². The van der Waals surface area contributed by atoms with Crippen LogP contribution >= 0.6 is 0 Å². The van der Waals surface area contributed by atoms with Crippen LogP contribution in [0.15, 0.2) is 36.4 Å². The number of ketones is 1. The second-order valence-corrected chi connectivity index (χ2v) is 5.63. The van der Waals surface area contributed by atoms with E-state index >= 15 is 0 Å². The molecule has 0 spiro atoms. The monoisotopic (exact) mass is 342 g/mol. The standard InChI is InChI=1S/C18H18N2O5/c1-3-25-17-9-11(8-15(20(22)23)18(17)24-2)14-10-16(21)12-6-4-5-7-13(12)19-14/h4-9,14,19H,3,10H2,1-2H3. The molecule has 25 heavy (non-hydrogen) atoms. The lowest BCUT2D eigenvalue weighted by Crippen LogP contribution is -2.23. The molecular formula is C18H18N2O5. The zero-order valence-electron chi connectivity index (χ0n) is 13.9. The number of benzene rings is 2. The van der Waals surface area contributed by atoms with Crippen molar-refractivity contribution in [2.45, 2.75) is 19.4 Å². The summed E-state index contributed by atoms with van der Waals surface area (Å²) in [4.78, 5) is 23.3. The van der Waals surface area contributed by atoms with Crippen LogP contribution in [0.5, 0.6) is 11.5 Å². The largest absolute Gasteiger partial charge is 0.490 e. The van der Waals surface area contributed by atoms with Gasteiger partial charge >= 0.3 is 5.69 Å². The highest BCUT2D eigenvalue weighted by molar-refractivity contribution is 6.03. The summed E-state index contributed by atoms with van der Waals surface area (Å²) < 4.78 is 10.7. The number of fused-ring (bicyclic) bond motifs is 1. The van der Waals surface area contributed by atoms with Gasteiger partial charge in [0.25, 0.3) is 0 Å². The first-order valence-corrected chi connectivity index (χ1v) is 7.93. The molecule has 3 rings (SSSR count). The predicted molar refractivity (Wildman–Crippen MR) is 92.6 cm³/mol.